The van der Waals surface area contributed by atoms with E-state index in [4.69, 9.17) is 5.26 Å². The van der Waals surface area contributed by atoms with Crippen molar-refractivity contribution in [1.29, 1.82) is 5.26 Å². The van der Waals surface area contributed by atoms with Gasteiger partial charge in [-0.3, -0.25) is 4.79 Å². The highest BCUT2D eigenvalue weighted by Gasteiger charge is 2.05. The number of nitriles is 1. The van der Waals surface area contributed by atoms with E-state index in [2.05, 4.69) is 10.6 Å². The summed E-state index contributed by atoms with van der Waals surface area (Å²) in [4.78, 5) is 11.3. The lowest BCUT2D eigenvalue weighted by molar-refractivity contribution is -0.115. The van der Waals surface area contributed by atoms with E-state index >= 15 is 0 Å². The second-order valence-electron chi connectivity index (χ2n) is 3.13. The van der Waals surface area contributed by atoms with Gasteiger partial charge in [0, 0.05) is 5.69 Å². The van der Waals surface area contributed by atoms with Crippen LogP contribution >= 0.6 is 0 Å². The van der Waals surface area contributed by atoms with Crippen molar-refractivity contribution in [3.05, 3.63) is 29.6 Å². The Morgan fingerprint density at radius 3 is 2.94 bits per heavy atom. The molecule has 16 heavy (non-hydrogen) atoms. The molecule has 1 aromatic rings. The molecule has 0 saturated heterocycles. The fourth-order valence-electron chi connectivity index (χ4n) is 1.13. The summed E-state index contributed by atoms with van der Waals surface area (Å²) in [6.45, 7) is 2.77. The van der Waals surface area contributed by atoms with Gasteiger partial charge in [0.2, 0.25) is 5.91 Å². The molecule has 0 unspecified atom stereocenters. The van der Waals surface area contributed by atoms with Crippen molar-refractivity contribution in [3.63, 3.8) is 0 Å². The van der Waals surface area contributed by atoms with E-state index in [9.17, 15) is 9.18 Å². The molecule has 1 amide bonds. The minimum atomic E-state index is -0.591. The van der Waals surface area contributed by atoms with E-state index in [0.29, 0.717) is 12.2 Å². The van der Waals surface area contributed by atoms with Crippen LogP contribution in [0, 0.1) is 17.1 Å². The molecule has 4 nitrogen and oxygen atoms in total. The third-order valence-electron chi connectivity index (χ3n) is 1.91. The number of likely N-dealkylation sites (N-methyl/N-ethyl adjacent to an activating group) is 1. The van der Waals surface area contributed by atoms with Crippen molar-refractivity contribution in [2.24, 2.45) is 0 Å². The molecule has 0 aliphatic rings. The molecule has 0 radical (unpaired) electrons. The monoisotopic (exact) mass is 221 g/mol. The zero-order valence-electron chi connectivity index (χ0n) is 8.88. The van der Waals surface area contributed by atoms with E-state index in [1.165, 1.54) is 12.1 Å². The van der Waals surface area contributed by atoms with Gasteiger partial charge >= 0.3 is 0 Å². The van der Waals surface area contributed by atoms with Crippen LogP contribution in [-0.4, -0.2) is 19.0 Å². The van der Waals surface area contributed by atoms with E-state index in [0.717, 1.165) is 6.07 Å². The van der Waals surface area contributed by atoms with Gasteiger partial charge < -0.3 is 10.6 Å². The van der Waals surface area contributed by atoms with Crippen LogP contribution in [0.1, 0.15) is 12.5 Å². The summed E-state index contributed by atoms with van der Waals surface area (Å²) in [6, 6.07) is 5.59. The number of carbonyl (C=O) groups is 1. The molecule has 5 heteroatoms. The molecule has 0 heterocycles. The minimum Gasteiger partial charge on any atom is -0.325 e. The Labute approximate surface area is 93.1 Å². The van der Waals surface area contributed by atoms with E-state index < -0.39 is 5.82 Å². The Balaban J connectivity index is 2.68. The predicted octanol–water partition coefficient (Wildman–Crippen LogP) is 1.25. The Bertz CT molecular complexity index is 426. The first-order valence-electron chi connectivity index (χ1n) is 4.87. The maximum Gasteiger partial charge on any atom is 0.238 e. The standard InChI is InChI=1S/C11H12FN3O/c1-2-14-7-11(16)15-9-3-4-10(12)8(5-9)6-13/h3-5,14H,2,7H2,1H3,(H,15,16). The van der Waals surface area contributed by atoms with Crippen molar-refractivity contribution < 1.29 is 9.18 Å². The number of carbonyl (C=O) groups excluding carboxylic acids is 1. The van der Waals surface area contributed by atoms with Gasteiger partial charge in [-0.2, -0.15) is 5.26 Å². The third-order valence-corrected chi connectivity index (χ3v) is 1.91. The molecule has 0 atom stereocenters. The number of rotatable bonds is 4. The topological polar surface area (TPSA) is 64.9 Å². The number of hydrogen-bond acceptors (Lipinski definition) is 3. The lowest BCUT2D eigenvalue weighted by Crippen LogP contribution is -2.27. The second kappa shape index (κ2) is 5.83. The van der Waals surface area contributed by atoms with Crippen LogP contribution in [0.4, 0.5) is 10.1 Å². The van der Waals surface area contributed by atoms with Crippen LogP contribution in [0.5, 0.6) is 0 Å². The first-order chi connectivity index (χ1) is 7.67. The van der Waals surface area contributed by atoms with Crippen LogP contribution in [0.25, 0.3) is 0 Å². The fraction of sp³-hybridized carbons (Fsp3) is 0.273. The predicted molar refractivity (Wildman–Crippen MR) is 58.3 cm³/mol. The summed E-state index contributed by atoms with van der Waals surface area (Å²) < 4.78 is 13.0. The summed E-state index contributed by atoms with van der Waals surface area (Å²) in [6.07, 6.45) is 0. The molecule has 1 rings (SSSR count). The number of nitrogens with one attached hydrogen (secondary N) is 2. The summed E-state index contributed by atoms with van der Waals surface area (Å²) >= 11 is 0. The first-order valence-corrected chi connectivity index (χ1v) is 4.87. The average molecular weight is 221 g/mol. The summed E-state index contributed by atoms with van der Waals surface area (Å²) in [5.41, 5.74) is 0.335. The molecule has 0 aliphatic heterocycles. The maximum absolute atomic E-state index is 13.0. The molecule has 1 aromatic carbocycles. The van der Waals surface area contributed by atoms with E-state index in [-0.39, 0.29) is 18.0 Å². The molecule has 0 saturated carbocycles. The summed E-state index contributed by atoms with van der Waals surface area (Å²) in [7, 11) is 0. The average Bonchev–Trinajstić information content (AvgIpc) is 2.29. The Kier molecular flexibility index (Phi) is 4.42. The van der Waals surface area contributed by atoms with E-state index in [1.807, 2.05) is 6.92 Å². The number of nitrogens with zero attached hydrogens (tertiary/aromatic N) is 1. The zero-order valence-corrected chi connectivity index (χ0v) is 8.88. The first kappa shape index (κ1) is 12.1. The lowest BCUT2D eigenvalue weighted by atomic mass is 10.2. The fourth-order valence-corrected chi connectivity index (χ4v) is 1.13. The van der Waals surface area contributed by atoms with Gasteiger partial charge in [-0.1, -0.05) is 6.92 Å². The van der Waals surface area contributed by atoms with Gasteiger partial charge in [0.1, 0.15) is 11.9 Å². The van der Waals surface area contributed by atoms with Gasteiger partial charge in [-0.25, -0.2) is 4.39 Å². The Morgan fingerprint density at radius 2 is 2.31 bits per heavy atom. The highest BCUT2D eigenvalue weighted by molar-refractivity contribution is 5.92. The largest absolute Gasteiger partial charge is 0.325 e. The van der Waals surface area contributed by atoms with E-state index in [1.54, 1.807) is 6.07 Å². The number of halogens is 1. The van der Waals surface area contributed by atoms with Crippen LogP contribution in [0.2, 0.25) is 0 Å². The number of hydrogen-bond donors (Lipinski definition) is 2. The normalized spacial score (nSPS) is 9.56. The van der Waals surface area contributed by atoms with Gasteiger partial charge in [-0.15, -0.1) is 0 Å². The number of anilines is 1. The van der Waals surface area contributed by atoms with Gasteiger partial charge in [-0.05, 0) is 24.7 Å². The highest BCUT2D eigenvalue weighted by atomic mass is 19.1. The summed E-state index contributed by atoms with van der Waals surface area (Å²) in [5, 5.41) is 14.0. The van der Waals surface area contributed by atoms with Crippen molar-refractivity contribution in [1.82, 2.24) is 5.32 Å². The minimum absolute atomic E-state index is 0.0822. The van der Waals surface area contributed by atoms with Crippen molar-refractivity contribution in [2.45, 2.75) is 6.92 Å². The van der Waals surface area contributed by atoms with Crippen LogP contribution in [-0.2, 0) is 4.79 Å². The molecule has 0 aliphatic carbocycles. The molecule has 84 valence electrons. The molecule has 2 N–H and O–H groups in total. The molecule has 0 spiro atoms. The van der Waals surface area contributed by atoms with Crippen LogP contribution < -0.4 is 10.6 Å². The molecular weight excluding hydrogens is 209 g/mol. The summed E-state index contributed by atoms with van der Waals surface area (Å²) in [5.74, 6) is -0.815. The quantitative estimate of drug-likeness (QED) is 0.804. The zero-order chi connectivity index (χ0) is 12.0. The molecular formula is C11H12FN3O. The van der Waals surface area contributed by atoms with Crippen molar-refractivity contribution in [3.8, 4) is 6.07 Å². The number of amides is 1. The highest BCUT2D eigenvalue weighted by Crippen LogP contribution is 2.13. The van der Waals surface area contributed by atoms with Crippen molar-refractivity contribution in [2.75, 3.05) is 18.4 Å². The van der Waals surface area contributed by atoms with Crippen molar-refractivity contribution >= 4 is 11.6 Å². The van der Waals surface area contributed by atoms with Gasteiger partial charge in [0.15, 0.2) is 0 Å². The maximum atomic E-state index is 13.0. The van der Waals surface area contributed by atoms with Gasteiger partial charge in [0.05, 0.1) is 12.1 Å². The smallest absolute Gasteiger partial charge is 0.238 e. The van der Waals surface area contributed by atoms with Gasteiger partial charge in [0.25, 0.3) is 0 Å². The second-order valence-corrected chi connectivity index (χ2v) is 3.13. The number of benzene rings is 1. The third kappa shape index (κ3) is 3.33. The van der Waals surface area contributed by atoms with Crippen LogP contribution in [0.15, 0.2) is 18.2 Å². The Hall–Kier alpha value is -1.93. The van der Waals surface area contributed by atoms with Crippen LogP contribution in [0.3, 0.4) is 0 Å². The Morgan fingerprint density at radius 1 is 1.56 bits per heavy atom. The molecule has 0 fully saturated rings. The SMILES string of the molecule is CCNCC(=O)Nc1ccc(F)c(C#N)c1. The lowest BCUT2D eigenvalue weighted by Gasteiger charge is -2.05. The molecule has 0 bridgehead atoms. The molecule has 0 aromatic heterocycles.